The summed E-state index contributed by atoms with van der Waals surface area (Å²) in [6.45, 7) is 6.96. The quantitative estimate of drug-likeness (QED) is 0.462. The van der Waals surface area contributed by atoms with Crippen LogP contribution in [0.1, 0.15) is 62.7 Å². The molecule has 1 N–H and O–H groups in total. The van der Waals surface area contributed by atoms with Gasteiger partial charge in [0.25, 0.3) is 0 Å². The number of hydrogen-bond donors (Lipinski definition) is 1. The predicted molar refractivity (Wildman–Crippen MR) is 139 cm³/mol. The number of ether oxygens (including phenoxy) is 1. The van der Waals surface area contributed by atoms with Crippen molar-refractivity contribution in [2.24, 2.45) is 5.92 Å². The highest BCUT2D eigenvalue weighted by Gasteiger charge is 2.27. The predicted octanol–water partition coefficient (Wildman–Crippen LogP) is 4.67. The lowest BCUT2D eigenvalue weighted by Gasteiger charge is -2.33. The normalized spacial score (nSPS) is 15.0. The molecule has 8 nitrogen and oxygen atoms in total. The number of carbonyl (C=O) groups excluding carboxylic acids is 1. The maximum Gasteiger partial charge on any atom is 0.410 e. The lowest BCUT2D eigenvalue weighted by molar-refractivity contribution is 0.0181. The molecular formula is C27H33N4O4P. The van der Waals surface area contributed by atoms with Crippen molar-refractivity contribution >= 4 is 30.9 Å². The highest BCUT2D eigenvalue weighted by Crippen LogP contribution is 2.30. The van der Waals surface area contributed by atoms with Crippen LogP contribution in [0.2, 0.25) is 0 Å². The average Bonchev–Trinajstić information content (AvgIpc) is 3.28. The number of aryl methyl sites for hydroxylation is 1. The summed E-state index contributed by atoms with van der Waals surface area (Å²) in [6, 6.07) is 11.6. The molecule has 190 valence electrons. The number of piperidine rings is 1. The molecule has 1 atom stereocenters. The maximum absolute atomic E-state index is 12.3. The van der Waals surface area contributed by atoms with Crippen LogP contribution in [-0.4, -0.2) is 44.9 Å². The molecule has 0 radical (unpaired) electrons. The number of nitrogens with zero attached hydrogens (tertiary/aromatic N) is 4. The van der Waals surface area contributed by atoms with Crippen molar-refractivity contribution in [3.63, 3.8) is 0 Å². The first-order valence-corrected chi connectivity index (χ1v) is 13.6. The van der Waals surface area contributed by atoms with Crippen LogP contribution in [0.3, 0.4) is 0 Å². The number of hydrogen-bond acceptors (Lipinski definition) is 7. The fourth-order valence-corrected chi connectivity index (χ4v) is 5.69. The van der Waals surface area contributed by atoms with Gasteiger partial charge < -0.3 is 19.3 Å². The molecule has 1 saturated heterocycles. The van der Waals surface area contributed by atoms with Gasteiger partial charge in [-0.3, -0.25) is 0 Å². The highest BCUT2D eigenvalue weighted by atomic mass is 31.1. The molecule has 3 aromatic rings. The molecule has 1 aliphatic heterocycles. The van der Waals surface area contributed by atoms with Crippen molar-refractivity contribution in [2.75, 3.05) is 13.1 Å². The third kappa shape index (κ3) is 6.40. The van der Waals surface area contributed by atoms with Crippen LogP contribution in [0.5, 0.6) is 0 Å². The first-order chi connectivity index (χ1) is 17.3. The summed E-state index contributed by atoms with van der Waals surface area (Å²) in [5.74, 6) is 0.519. The number of pyridine rings is 1. The van der Waals surface area contributed by atoms with E-state index in [1.54, 1.807) is 11.0 Å². The van der Waals surface area contributed by atoms with E-state index in [0.29, 0.717) is 45.0 Å². The fraction of sp³-hybridized carbons (Fsp3) is 0.481. The van der Waals surface area contributed by atoms with Crippen molar-refractivity contribution in [3.8, 4) is 6.07 Å². The number of likely N-dealkylation sites (tertiary alicyclic amines) is 1. The van der Waals surface area contributed by atoms with Crippen LogP contribution in [-0.2, 0) is 23.9 Å². The fourth-order valence-electron chi connectivity index (χ4n) is 4.51. The first kappa shape index (κ1) is 26.1. The molecule has 36 heavy (non-hydrogen) atoms. The van der Waals surface area contributed by atoms with Gasteiger partial charge in [-0.25, -0.2) is 9.78 Å². The molecule has 1 unspecified atom stereocenters. The Kier molecular flexibility index (Phi) is 8.23. The van der Waals surface area contributed by atoms with E-state index in [2.05, 4.69) is 16.2 Å². The third-order valence-corrected chi connectivity index (χ3v) is 7.80. The van der Waals surface area contributed by atoms with E-state index >= 15 is 0 Å². The van der Waals surface area contributed by atoms with Crippen LogP contribution in [0.4, 0.5) is 4.79 Å². The Morgan fingerprint density at radius 2 is 2.06 bits per heavy atom. The van der Waals surface area contributed by atoms with Crippen molar-refractivity contribution in [1.29, 1.82) is 5.26 Å². The smallest absolute Gasteiger partial charge is 0.410 e. The van der Waals surface area contributed by atoms with Crippen molar-refractivity contribution in [3.05, 3.63) is 53.0 Å². The van der Waals surface area contributed by atoms with Crippen molar-refractivity contribution < 1.29 is 19.2 Å². The molecule has 0 aliphatic carbocycles. The number of amides is 1. The minimum absolute atomic E-state index is 0.122. The number of rotatable bonds is 7. The second-order valence-corrected chi connectivity index (χ2v) is 11.4. The Labute approximate surface area is 213 Å². The van der Waals surface area contributed by atoms with E-state index in [9.17, 15) is 9.90 Å². The molecule has 1 fully saturated rings. The molecule has 1 amide bonds. The second-order valence-electron chi connectivity index (χ2n) is 10.2. The summed E-state index contributed by atoms with van der Waals surface area (Å²) in [5.41, 5.74) is 3.11. The number of nitriles is 1. The average molecular weight is 509 g/mol. The lowest BCUT2D eigenvalue weighted by atomic mass is 9.91. The van der Waals surface area contributed by atoms with Crippen LogP contribution >= 0.6 is 8.58 Å². The highest BCUT2D eigenvalue weighted by molar-refractivity contribution is 7.46. The number of fused-ring (bicyclic) bond motifs is 1. The Balaban J connectivity index is 1.36. The minimum Gasteiger partial charge on any atom is -0.444 e. The minimum atomic E-state index is -0.477. The molecule has 3 heterocycles. The summed E-state index contributed by atoms with van der Waals surface area (Å²) in [5, 5.41) is 25.5. The molecule has 1 aromatic carbocycles. The van der Waals surface area contributed by atoms with E-state index in [1.807, 2.05) is 45.0 Å². The second kappa shape index (κ2) is 11.4. The van der Waals surface area contributed by atoms with Gasteiger partial charge in [0.05, 0.1) is 12.3 Å². The summed E-state index contributed by atoms with van der Waals surface area (Å²) >= 11 is 0. The Morgan fingerprint density at radius 1 is 1.28 bits per heavy atom. The SMILES string of the molecule is CC(C)(C)OC(=O)N1CCC(CCc2noc3c(CO)c(PCc4cccc(C#N)n4)ccc23)CC1. The Hall–Kier alpha value is -3.01. The van der Waals surface area contributed by atoms with Crippen LogP contribution < -0.4 is 5.30 Å². The van der Waals surface area contributed by atoms with Gasteiger partial charge in [0.15, 0.2) is 5.58 Å². The van der Waals surface area contributed by atoms with E-state index in [0.717, 1.165) is 53.3 Å². The first-order valence-electron chi connectivity index (χ1n) is 12.4. The van der Waals surface area contributed by atoms with Crippen LogP contribution in [0, 0.1) is 17.2 Å². The van der Waals surface area contributed by atoms with E-state index in [1.165, 1.54) is 0 Å². The summed E-state index contributed by atoms with van der Waals surface area (Å²) in [4.78, 5) is 18.4. The topological polar surface area (TPSA) is 112 Å². The number of aromatic nitrogens is 2. The zero-order valence-electron chi connectivity index (χ0n) is 21.1. The van der Waals surface area contributed by atoms with Gasteiger partial charge in [0.1, 0.15) is 17.4 Å². The zero-order valence-corrected chi connectivity index (χ0v) is 22.1. The lowest BCUT2D eigenvalue weighted by Crippen LogP contribution is -2.41. The molecule has 1 aliphatic rings. The molecule has 0 spiro atoms. The van der Waals surface area contributed by atoms with E-state index in [-0.39, 0.29) is 12.7 Å². The van der Waals surface area contributed by atoms with Gasteiger partial charge in [0.2, 0.25) is 0 Å². The number of aliphatic hydroxyl groups excluding tert-OH is 1. The number of benzene rings is 1. The maximum atomic E-state index is 12.3. The van der Waals surface area contributed by atoms with Crippen molar-refractivity contribution in [2.45, 2.75) is 64.8 Å². The van der Waals surface area contributed by atoms with E-state index in [4.69, 9.17) is 14.5 Å². The zero-order chi connectivity index (χ0) is 25.7. The van der Waals surface area contributed by atoms with Gasteiger partial charge in [-0.15, -0.1) is 0 Å². The Morgan fingerprint density at radius 3 is 2.75 bits per heavy atom. The monoisotopic (exact) mass is 508 g/mol. The summed E-state index contributed by atoms with van der Waals surface area (Å²) in [6.07, 6.45) is 4.12. The molecule has 9 heteroatoms. The third-order valence-electron chi connectivity index (χ3n) is 6.41. The molecule has 4 rings (SSSR count). The van der Waals surface area contributed by atoms with Gasteiger partial charge in [-0.1, -0.05) is 25.9 Å². The largest absolute Gasteiger partial charge is 0.444 e. The van der Waals surface area contributed by atoms with Crippen LogP contribution in [0.15, 0.2) is 34.9 Å². The van der Waals surface area contributed by atoms with Crippen LogP contribution in [0.25, 0.3) is 11.0 Å². The summed E-state index contributed by atoms with van der Waals surface area (Å²) in [7, 11) is 0.391. The van der Waals surface area contributed by atoms with Crippen molar-refractivity contribution in [1.82, 2.24) is 15.0 Å². The molecule has 0 bridgehead atoms. The Bertz CT molecular complexity index is 1250. The molecule has 0 saturated carbocycles. The van der Waals surface area contributed by atoms with Gasteiger partial charge in [-0.05, 0) is 75.9 Å². The number of carbonyl (C=O) groups is 1. The number of aliphatic hydroxyl groups is 1. The van der Waals surface area contributed by atoms with Gasteiger partial charge in [0, 0.05) is 35.9 Å². The van der Waals surface area contributed by atoms with Gasteiger partial charge in [-0.2, -0.15) is 5.26 Å². The summed E-state index contributed by atoms with van der Waals surface area (Å²) < 4.78 is 11.2. The van der Waals surface area contributed by atoms with E-state index < -0.39 is 5.60 Å². The molecular weight excluding hydrogens is 475 g/mol. The van der Waals surface area contributed by atoms with Gasteiger partial charge >= 0.3 is 6.09 Å². The standard InChI is InChI=1S/C27H33N4O4P/c1-27(2,3)34-26(33)31-13-11-18(12-14-31)7-9-23-21-8-10-24(22(16-32)25(21)35-30-23)36-17-20-6-4-5-19(15-28)29-20/h4-6,8,10,18,32,36H,7,9,11-14,16-17H2,1-3H3. The molecule has 2 aromatic heterocycles.